The first-order valence-electron chi connectivity index (χ1n) is 11.2. The van der Waals surface area contributed by atoms with Crippen LogP contribution in [-0.4, -0.2) is 22.0 Å². The molecule has 1 aromatic heterocycles. The van der Waals surface area contributed by atoms with Crippen LogP contribution in [0.25, 0.3) is 0 Å². The number of H-pyrrole nitrogens is 1. The lowest BCUT2D eigenvalue weighted by Crippen LogP contribution is -2.42. The number of nitrogens with one attached hydrogen (secondary N) is 1. The van der Waals surface area contributed by atoms with E-state index in [1.54, 1.807) is 36.0 Å². The van der Waals surface area contributed by atoms with E-state index in [4.69, 9.17) is 23.2 Å². The van der Waals surface area contributed by atoms with Gasteiger partial charge in [0.25, 0.3) is 0 Å². The van der Waals surface area contributed by atoms with E-state index in [0.29, 0.717) is 15.7 Å². The third-order valence-electron chi connectivity index (χ3n) is 8.04. The number of thiazole rings is 1. The maximum absolute atomic E-state index is 13.7. The molecule has 3 heterocycles. The number of imide groups is 1. The molecular weight excluding hydrogens is 511 g/mol. The highest BCUT2D eigenvalue weighted by Crippen LogP contribution is 2.68. The Morgan fingerprint density at radius 1 is 0.853 bits per heavy atom. The monoisotopic (exact) mass is 528 g/mol. The first-order chi connectivity index (χ1) is 16.4. The van der Waals surface area contributed by atoms with Crippen LogP contribution in [0.1, 0.15) is 22.8 Å². The van der Waals surface area contributed by atoms with Crippen molar-refractivity contribution in [3.05, 3.63) is 78.7 Å². The van der Waals surface area contributed by atoms with E-state index >= 15 is 0 Å². The van der Waals surface area contributed by atoms with Crippen LogP contribution in [0.2, 0.25) is 10.0 Å². The molecular formula is C25H18Cl2N2O3S2. The Hall–Kier alpha value is -2.06. The molecule has 5 unspecified atom stereocenters. The molecule has 2 aromatic carbocycles. The molecule has 9 heteroatoms. The molecule has 172 valence electrons. The molecule has 1 N–H and O–H groups in total. The Kier molecular flexibility index (Phi) is 4.67. The summed E-state index contributed by atoms with van der Waals surface area (Å²) in [4.78, 5) is 44.9. The number of fused-ring (bicyclic) bond motifs is 9. The fraction of sp³-hybridized carbons (Fsp3) is 0.320. The molecule has 3 aromatic rings. The second kappa shape index (κ2) is 7.47. The Labute approximate surface area is 213 Å². The highest BCUT2D eigenvalue weighted by atomic mass is 35.5. The van der Waals surface area contributed by atoms with Crippen LogP contribution in [0, 0.1) is 29.6 Å². The molecule has 2 saturated carbocycles. The van der Waals surface area contributed by atoms with Crippen LogP contribution in [-0.2, 0) is 9.59 Å². The van der Waals surface area contributed by atoms with Gasteiger partial charge >= 0.3 is 4.87 Å². The fourth-order valence-corrected chi connectivity index (χ4v) is 10.0. The maximum Gasteiger partial charge on any atom is 0.305 e. The van der Waals surface area contributed by atoms with Crippen LogP contribution < -0.4 is 9.77 Å². The number of halogens is 2. The number of rotatable bonds is 2. The smallest absolute Gasteiger partial charge is 0.305 e. The van der Waals surface area contributed by atoms with Gasteiger partial charge in [-0.25, -0.2) is 0 Å². The molecule has 0 spiro atoms. The Balaban J connectivity index is 1.32. The number of hydrogen-bond donors (Lipinski definition) is 1. The number of nitrogens with zero attached hydrogens (tertiary/aromatic N) is 1. The number of benzene rings is 2. The first kappa shape index (κ1) is 21.2. The molecule has 4 aliphatic rings. The molecule has 2 aliphatic carbocycles. The van der Waals surface area contributed by atoms with Crippen LogP contribution in [0.5, 0.6) is 0 Å². The molecule has 34 heavy (non-hydrogen) atoms. The van der Waals surface area contributed by atoms with Crippen molar-refractivity contribution in [3.8, 4) is 0 Å². The summed E-state index contributed by atoms with van der Waals surface area (Å²) in [5, 5.41) is 2.31. The van der Waals surface area contributed by atoms with Crippen LogP contribution >= 0.6 is 46.3 Å². The van der Waals surface area contributed by atoms with Gasteiger partial charge in [-0.3, -0.25) is 19.3 Å². The van der Waals surface area contributed by atoms with Gasteiger partial charge in [0, 0.05) is 26.1 Å². The minimum absolute atomic E-state index is 0.00546. The minimum Gasteiger partial charge on any atom is -0.307 e. The van der Waals surface area contributed by atoms with Crippen LogP contribution in [0.3, 0.4) is 0 Å². The van der Waals surface area contributed by atoms with E-state index in [0.717, 1.165) is 21.9 Å². The van der Waals surface area contributed by atoms with E-state index in [-0.39, 0.29) is 57.4 Å². The van der Waals surface area contributed by atoms with Gasteiger partial charge in [0.05, 0.1) is 22.5 Å². The van der Waals surface area contributed by atoms with Crippen molar-refractivity contribution in [1.82, 2.24) is 4.98 Å². The lowest BCUT2D eigenvalue weighted by Gasteiger charge is -2.43. The lowest BCUT2D eigenvalue weighted by atomic mass is 9.68. The van der Waals surface area contributed by atoms with E-state index in [2.05, 4.69) is 4.98 Å². The van der Waals surface area contributed by atoms with Gasteiger partial charge in [-0.05, 0) is 66.1 Å². The van der Waals surface area contributed by atoms with Crippen molar-refractivity contribution >= 4 is 63.8 Å². The predicted octanol–water partition coefficient (Wildman–Crippen LogP) is 5.42. The van der Waals surface area contributed by atoms with E-state index in [1.165, 1.54) is 16.2 Å². The number of amides is 2. The highest BCUT2D eigenvalue weighted by Gasteiger charge is 2.69. The Morgan fingerprint density at radius 2 is 1.47 bits per heavy atom. The summed E-state index contributed by atoms with van der Waals surface area (Å²) in [6.45, 7) is 0. The van der Waals surface area contributed by atoms with Gasteiger partial charge < -0.3 is 4.98 Å². The van der Waals surface area contributed by atoms with Gasteiger partial charge in [-0.15, -0.1) is 11.8 Å². The summed E-state index contributed by atoms with van der Waals surface area (Å²) in [6, 6.07) is 14.7. The van der Waals surface area contributed by atoms with Gasteiger partial charge in [0.15, 0.2) is 0 Å². The molecule has 0 radical (unpaired) electrons. The summed E-state index contributed by atoms with van der Waals surface area (Å²) in [7, 11) is 0. The Morgan fingerprint density at radius 3 is 2.15 bits per heavy atom. The fourth-order valence-electron chi connectivity index (χ4n) is 6.90. The van der Waals surface area contributed by atoms with Crippen molar-refractivity contribution < 1.29 is 9.59 Å². The molecule has 3 fully saturated rings. The quantitative estimate of drug-likeness (QED) is 0.450. The molecule has 1 saturated heterocycles. The SMILES string of the molecule is O=C1C2C(C(=O)N1c1ccc(Cl)cc1)[C@@H]1C[C@H]2C2Sc3[nH]c(=O)sc3C(c3ccc(Cl)cc3)C21. The van der Waals surface area contributed by atoms with Crippen molar-refractivity contribution in [3.63, 3.8) is 0 Å². The lowest BCUT2D eigenvalue weighted by molar-refractivity contribution is -0.123. The zero-order valence-corrected chi connectivity index (χ0v) is 20.8. The summed E-state index contributed by atoms with van der Waals surface area (Å²) in [5.41, 5.74) is 1.69. The van der Waals surface area contributed by atoms with Gasteiger partial charge in [0.1, 0.15) is 0 Å². The zero-order chi connectivity index (χ0) is 23.3. The van der Waals surface area contributed by atoms with Crippen molar-refractivity contribution in [1.29, 1.82) is 0 Å². The number of hydrogen-bond acceptors (Lipinski definition) is 5. The van der Waals surface area contributed by atoms with E-state index < -0.39 is 0 Å². The number of aromatic amines is 1. The van der Waals surface area contributed by atoms with E-state index in [1.807, 2.05) is 24.3 Å². The second-order valence-corrected chi connectivity index (χ2v) is 12.6. The van der Waals surface area contributed by atoms with Gasteiger partial charge in [0.2, 0.25) is 11.8 Å². The molecule has 7 atom stereocenters. The minimum atomic E-state index is -0.318. The van der Waals surface area contributed by atoms with Crippen LogP contribution in [0.15, 0.2) is 58.4 Å². The standard InChI is InChI=1S/C25H18Cl2N2O3S2/c26-11-3-1-10(2-4-11)16-17-14-9-15(20(17)33-22-21(16)34-25(32)28-22)19-18(14)23(30)29(24(19)31)13-7-5-12(27)6-8-13/h1-8,14-20H,9H2,(H,28,32)/t14-,15-,16?,17?,18?,19?,20?/m1/s1. The summed E-state index contributed by atoms with van der Waals surface area (Å²) in [5.74, 6) is -0.448. The normalized spacial score (nSPS) is 33.2. The molecule has 2 bridgehead atoms. The summed E-state index contributed by atoms with van der Waals surface area (Å²) < 4.78 is 0. The topological polar surface area (TPSA) is 70.2 Å². The highest BCUT2D eigenvalue weighted by molar-refractivity contribution is 8.00. The van der Waals surface area contributed by atoms with Crippen molar-refractivity contribution in [2.24, 2.45) is 29.6 Å². The van der Waals surface area contributed by atoms with E-state index in [9.17, 15) is 14.4 Å². The van der Waals surface area contributed by atoms with Crippen molar-refractivity contribution in [2.75, 3.05) is 4.90 Å². The second-order valence-electron chi connectivity index (χ2n) is 9.50. The zero-order valence-electron chi connectivity index (χ0n) is 17.6. The third kappa shape index (κ3) is 2.84. The largest absolute Gasteiger partial charge is 0.307 e. The maximum atomic E-state index is 13.7. The number of carbonyl (C=O) groups is 2. The first-order valence-corrected chi connectivity index (χ1v) is 13.7. The molecule has 2 aliphatic heterocycles. The number of aromatic nitrogens is 1. The number of anilines is 1. The predicted molar refractivity (Wildman–Crippen MR) is 134 cm³/mol. The van der Waals surface area contributed by atoms with Gasteiger partial charge in [-0.2, -0.15) is 0 Å². The summed E-state index contributed by atoms with van der Waals surface area (Å²) in [6.07, 6.45) is 0.868. The summed E-state index contributed by atoms with van der Waals surface area (Å²) >= 11 is 15.2. The van der Waals surface area contributed by atoms with Gasteiger partial charge in [-0.1, -0.05) is 46.7 Å². The van der Waals surface area contributed by atoms with Crippen molar-refractivity contribution in [2.45, 2.75) is 22.6 Å². The third-order valence-corrected chi connectivity index (χ3v) is 11.1. The average molecular weight is 529 g/mol. The number of carbonyl (C=O) groups excluding carboxylic acids is 2. The number of thioether (sulfide) groups is 1. The molecule has 2 amide bonds. The Bertz CT molecular complexity index is 1400. The molecule has 7 rings (SSSR count). The average Bonchev–Trinajstić information content (AvgIpc) is 3.54. The van der Waals surface area contributed by atoms with Crippen LogP contribution in [0.4, 0.5) is 5.69 Å². The molecule has 5 nitrogen and oxygen atoms in total.